The summed E-state index contributed by atoms with van der Waals surface area (Å²) in [6.45, 7) is 4.39. The van der Waals surface area contributed by atoms with Gasteiger partial charge in [0.1, 0.15) is 6.61 Å². The highest BCUT2D eigenvalue weighted by molar-refractivity contribution is 5.72. The lowest BCUT2D eigenvalue weighted by Crippen LogP contribution is -2.50. The number of hydrogen-bond donors (Lipinski definition) is 1. The molecule has 1 N–H and O–H groups in total. The Balaban J connectivity index is 4.47. The van der Waals surface area contributed by atoms with E-state index in [-0.39, 0.29) is 42.7 Å². The van der Waals surface area contributed by atoms with Gasteiger partial charge in [-0.05, 0) is 96.3 Å². The van der Waals surface area contributed by atoms with E-state index in [0.717, 1.165) is 89.9 Å². The van der Waals surface area contributed by atoms with Gasteiger partial charge in [-0.3, -0.25) is 9.59 Å². The third kappa shape index (κ3) is 37.6. The Kier molecular flexibility index (Phi) is 37.0. The maximum Gasteiger partial charge on any atom is 0.362 e. The first-order chi connectivity index (χ1) is 28.1. The van der Waals surface area contributed by atoms with E-state index < -0.39 is 18.1 Å². The molecule has 0 aromatic carbocycles. The molecule has 2 unspecified atom stereocenters. The maximum absolute atomic E-state index is 12.7. The summed E-state index contributed by atoms with van der Waals surface area (Å²) in [4.78, 5) is 36.9. The number of ether oxygens (including phenoxy) is 3. The Hall–Kier alpha value is -4.01. The minimum absolute atomic E-state index is 0.0271. The number of hydrogen-bond acceptors (Lipinski definition) is 6. The molecule has 0 fully saturated rings. The summed E-state index contributed by atoms with van der Waals surface area (Å²) in [7, 11) is 5.48. The zero-order valence-corrected chi connectivity index (χ0v) is 36.9. The van der Waals surface area contributed by atoms with Crippen LogP contribution in [0.5, 0.6) is 0 Å². The number of carboxylic acid groups (broad SMARTS) is 1. The maximum atomic E-state index is 12.7. The second-order valence-corrected chi connectivity index (χ2v) is 15.2. The van der Waals surface area contributed by atoms with Crippen LogP contribution in [0.15, 0.2) is 109 Å². The number of allylic oxidation sites excluding steroid dienone is 18. The molecule has 0 rings (SSSR count). The third-order valence-corrected chi connectivity index (χ3v) is 8.92. The topological polar surface area (TPSA) is 99.1 Å². The van der Waals surface area contributed by atoms with Crippen molar-refractivity contribution < 1.29 is 38.2 Å². The van der Waals surface area contributed by atoms with Crippen LogP contribution < -0.4 is 0 Å². The number of nitrogens with zero attached hydrogens (tertiary/aromatic N) is 1. The lowest BCUT2D eigenvalue weighted by Gasteiger charge is -2.31. The van der Waals surface area contributed by atoms with Gasteiger partial charge in [0.05, 0.1) is 34.4 Å². The molecule has 0 aromatic heterocycles. The van der Waals surface area contributed by atoms with Crippen LogP contribution in [0.25, 0.3) is 0 Å². The van der Waals surface area contributed by atoms with E-state index in [1.54, 1.807) is 0 Å². The van der Waals surface area contributed by atoms with E-state index in [0.29, 0.717) is 25.7 Å². The van der Waals surface area contributed by atoms with Crippen molar-refractivity contribution in [3.63, 3.8) is 0 Å². The lowest BCUT2D eigenvalue weighted by atomic mass is 10.1. The number of aliphatic carboxylic acids is 1. The van der Waals surface area contributed by atoms with Crippen molar-refractivity contribution >= 4 is 17.9 Å². The van der Waals surface area contributed by atoms with Gasteiger partial charge in [0.15, 0.2) is 12.1 Å². The molecule has 0 heterocycles. The molecule has 326 valence electrons. The van der Waals surface area contributed by atoms with E-state index >= 15 is 0 Å². The van der Waals surface area contributed by atoms with Crippen LogP contribution in [0.4, 0.5) is 0 Å². The predicted molar refractivity (Wildman–Crippen MR) is 242 cm³/mol. The van der Waals surface area contributed by atoms with Crippen LogP contribution in [0.2, 0.25) is 0 Å². The molecule has 0 spiro atoms. The van der Waals surface area contributed by atoms with Crippen LogP contribution in [0.3, 0.4) is 0 Å². The molecule has 0 amide bonds. The molecular weight excluding hydrogens is 727 g/mol. The van der Waals surface area contributed by atoms with Crippen LogP contribution in [-0.4, -0.2) is 80.6 Å². The van der Waals surface area contributed by atoms with Gasteiger partial charge in [0.2, 0.25) is 0 Å². The molecule has 8 nitrogen and oxygen atoms in total. The monoisotopic (exact) mass is 807 g/mol. The number of esters is 2. The zero-order chi connectivity index (χ0) is 42.8. The highest BCUT2D eigenvalue weighted by Gasteiger charge is 2.31. The summed E-state index contributed by atoms with van der Waals surface area (Å²) in [5.41, 5.74) is 0. The Labute approximate surface area is 353 Å². The Bertz CT molecular complexity index is 1310. The Morgan fingerprint density at radius 1 is 0.517 bits per heavy atom. The van der Waals surface area contributed by atoms with Gasteiger partial charge < -0.3 is 23.8 Å². The molecule has 58 heavy (non-hydrogen) atoms. The second-order valence-electron chi connectivity index (χ2n) is 15.2. The Morgan fingerprint density at radius 3 is 1.34 bits per heavy atom. The van der Waals surface area contributed by atoms with Crippen molar-refractivity contribution in [3.8, 4) is 0 Å². The minimum atomic E-state index is -0.892. The molecule has 0 aliphatic rings. The first kappa shape index (κ1) is 54.0. The van der Waals surface area contributed by atoms with Crippen LogP contribution in [0.1, 0.15) is 136 Å². The third-order valence-electron chi connectivity index (χ3n) is 8.92. The molecule has 0 aliphatic carbocycles. The molecule has 0 aromatic rings. The average Bonchev–Trinajstić information content (AvgIpc) is 3.18. The number of unbranched alkanes of at least 4 members (excludes halogenated alkanes) is 5. The SMILES string of the molecule is CC/C=C/C/C=C/C/C=C/C/C=C/C/C=C/C/C=C/CCCCCC(=O)OC(COCCC(C(=O)O)[N+](C)(C)C)COC(=O)CCCC/C=C/C/C=C/C/C=C/CC. The van der Waals surface area contributed by atoms with Gasteiger partial charge in [-0.2, -0.15) is 0 Å². The summed E-state index contributed by atoms with van der Waals surface area (Å²) in [5.74, 6) is -1.58. The van der Waals surface area contributed by atoms with Crippen LogP contribution in [0, 0.1) is 0 Å². The lowest BCUT2D eigenvalue weighted by molar-refractivity contribution is -0.887. The summed E-state index contributed by atoms with van der Waals surface area (Å²) < 4.78 is 17.2. The normalized spacial score (nSPS) is 14.0. The quantitative estimate of drug-likeness (QED) is 0.0289. The number of rotatable bonds is 37. The first-order valence-electron chi connectivity index (χ1n) is 21.9. The summed E-state index contributed by atoms with van der Waals surface area (Å²) >= 11 is 0. The van der Waals surface area contributed by atoms with E-state index in [4.69, 9.17) is 14.2 Å². The van der Waals surface area contributed by atoms with E-state index in [1.807, 2.05) is 21.1 Å². The molecule has 0 saturated carbocycles. The van der Waals surface area contributed by atoms with Gasteiger partial charge in [0.25, 0.3) is 0 Å². The van der Waals surface area contributed by atoms with Gasteiger partial charge in [-0.25, -0.2) is 4.79 Å². The molecule has 2 atom stereocenters. The van der Waals surface area contributed by atoms with Crippen molar-refractivity contribution in [2.24, 2.45) is 0 Å². The fourth-order valence-electron chi connectivity index (χ4n) is 5.58. The molecular formula is C50H80NO7+. The van der Waals surface area contributed by atoms with E-state index in [9.17, 15) is 19.5 Å². The summed E-state index contributed by atoms with van der Waals surface area (Å²) in [5, 5.41) is 9.61. The smallest absolute Gasteiger partial charge is 0.362 e. The van der Waals surface area contributed by atoms with Gasteiger partial charge in [-0.1, -0.05) is 130 Å². The highest BCUT2D eigenvalue weighted by atomic mass is 16.6. The molecule has 8 heteroatoms. The van der Waals surface area contributed by atoms with Crippen LogP contribution in [-0.2, 0) is 28.6 Å². The number of quaternary nitrogens is 1. The predicted octanol–water partition coefficient (Wildman–Crippen LogP) is 12.1. The molecule has 0 aliphatic heterocycles. The average molecular weight is 807 g/mol. The first-order valence-corrected chi connectivity index (χ1v) is 21.9. The summed E-state index contributed by atoms with van der Waals surface area (Å²) in [6.07, 6.45) is 54.3. The number of carbonyl (C=O) groups excluding carboxylic acids is 2. The van der Waals surface area contributed by atoms with Gasteiger partial charge in [-0.15, -0.1) is 0 Å². The number of likely N-dealkylation sites (N-methyl/N-ethyl adjacent to an activating group) is 1. The molecule has 0 bridgehead atoms. The van der Waals surface area contributed by atoms with Gasteiger partial charge >= 0.3 is 17.9 Å². The number of carbonyl (C=O) groups is 3. The highest BCUT2D eigenvalue weighted by Crippen LogP contribution is 2.11. The van der Waals surface area contributed by atoms with Crippen molar-refractivity contribution in [2.75, 3.05) is 41.0 Å². The zero-order valence-electron chi connectivity index (χ0n) is 36.9. The van der Waals surface area contributed by atoms with Crippen LogP contribution >= 0.6 is 0 Å². The second kappa shape index (κ2) is 39.8. The Morgan fingerprint density at radius 2 is 0.914 bits per heavy atom. The van der Waals surface area contributed by atoms with Crippen molar-refractivity contribution in [1.82, 2.24) is 0 Å². The summed E-state index contributed by atoms with van der Waals surface area (Å²) in [6, 6.07) is -0.633. The van der Waals surface area contributed by atoms with E-state index in [1.165, 1.54) is 0 Å². The fraction of sp³-hybridized carbons (Fsp3) is 0.580. The molecule has 0 radical (unpaired) electrons. The number of carboxylic acids is 1. The van der Waals surface area contributed by atoms with Crippen molar-refractivity contribution in [1.29, 1.82) is 0 Å². The van der Waals surface area contributed by atoms with E-state index in [2.05, 4.69) is 123 Å². The largest absolute Gasteiger partial charge is 0.477 e. The molecule has 0 saturated heterocycles. The standard InChI is InChI=1S/C50H79NO7/c1-6-8-10-12-14-16-18-20-21-22-23-24-25-26-27-28-29-31-33-35-37-39-41-49(53)58-46(44-56-43-42-47(50(54)55)51(3,4)5)45-57-48(52)40-38-36-34-32-30-19-17-15-13-11-9-7-2/h8-11,14-17,20-21,23-24,26-27,29-32,46-47H,6-7,12-13,18-19,22,25,28,33-45H2,1-5H3/p+1/b10-8+,11-9+,16-14+,17-15+,21-20+,24-23+,27-26+,31-29+,32-30+. The minimum Gasteiger partial charge on any atom is -0.477 e. The fourth-order valence-corrected chi connectivity index (χ4v) is 5.58. The van der Waals surface area contributed by atoms with Crippen molar-refractivity contribution in [3.05, 3.63) is 109 Å². The van der Waals surface area contributed by atoms with Gasteiger partial charge in [0, 0.05) is 19.3 Å². The van der Waals surface area contributed by atoms with Crippen molar-refractivity contribution in [2.45, 2.75) is 148 Å².